The van der Waals surface area contributed by atoms with Crippen LogP contribution in [0.25, 0.3) is 0 Å². The van der Waals surface area contributed by atoms with E-state index in [0.717, 1.165) is 54.1 Å². The minimum atomic E-state index is -0.0914. The molecule has 0 aliphatic carbocycles. The van der Waals surface area contributed by atoms with Crippen LogP contribution in [0, 0.1) is 5.92 Å². The number of thioether (sulfide) groups is 1. The second kappa shape index (κ2) is 11.0. The summed E-state index contributed by atoms with van der Waals surface area (Å²) in [6.07, 6.45) is 2.26. The maximum absolute atomic E-state index is 12.5. The molecule has 2 aromatic rings. The number of hydrogen-bond acceptors (Lipinski definition) is 4. The topological polar surface area (TPSA) is 41.6 Å². The quantitative estimate of drug-likeness (QED) is 0.546. The molecule has 0 saturated carbocycles. The van der Waals surface area contributed by atoms with Crippen LogP contribution in [0.1, 0.15) is 25.3 Å². The molecule has 1 heterocycles. The van der Waals surface area contributed by atoms with Crippen molar-refractivity contribution in [2.45, 2.75) is 36.5 Å². The Bertz CT molecular complexity index is 774. The van der Waals surface area contributed by atoms with Crippen LogP contribution in [-0.4, -0.2) is 42.8 Å². The number of carbonyl (C=O) groups is 1. The van der Waals surface area contributed by atoms with Gasteiger partial charge in [-0.3, -0.25) is 9.69 Å². The molecule has 1 N–H and O–H groups in total. The lowest BCUT2D eigenvalue weighted by molar-refractivity contribution is -0.120. The number of carbonyl (C=O) groups excluding carboxylic acids is 1. The summed E-state index contributed by atoms with van der Waals surface area (Å²) in [6.45, 7) is 5.88. The summed E-state index contributed by atoms with van der Waals surface area (Å²) in [6, 6.07) is 16.4. The van der Waals surface area contributed by atoms with Crippen molar-refractivity contribution >= 4 is 33.6 Å². The van der Waals surface area contributed by atoms with Gasteiger partial charge >= 0.3 is 0 Å². The van der Waals surface area contributed by atoms with Gasteiger partial charge in [0, 0.05) is 22.5 Å². The molecule has 0 bridgehead atoms. The molecule has 1 aliphatic heterocycles. The fraction of sp³-hybridized carbons (Fsp3) is 0.435. The van der Waals surface area contributed by atoms with Gasteiger partial charge in [0.25, 0.3) is 0 Å². The highest BCUT2D eigenvalue weighted by Gasteiger charge is 2.21. The summed E-state index contributed by atoms with van der Waals surface area (Å²) in [4.78, 5) is 16.1. The molecule has 1 unspecified atom stereocenters. The highest BCUT2D eigenvalue weighted by molar-refractivity contribution is 9.10. The Labute approximate surface area is 186 Å². The summed E-state index contributed by atoms with van der Waals surface area (Å²) < 4.78 is 6.28. The van der Waals surface area contributed by atoms with E-state index in [-0.39, 0.29) is 11.2 Å². The number of hydrogen-bond donors (Lipinski definition) is 1. The van der Waals surface area contributed by atoms with E-state index in [9.17, 15) is 4.79 Å². The van der Waals surface area contributed by atoms with Crippen molar-refractivity contribution in [1.82, 2.24) is 10.2 Å². The van der Waals surface area contributed by atoms with Crippen molar-refractivity contribution in [3.8, 4) is 5.75 Å². The molecule has 1 fully saturated rings. The van der Waals surface area contributed by atoms with Crippen molar-refractivity contribution < 1.29 is 9.53 Å². The van der Waals surface area contributed by atoms with Gasteiger partial charge < -0.3 is 10.1 Å². The molecule has 6 heteroatoms. The molecule has 0 aromatic heterocycles. The van der Waals surface area contributed by atoms with Crippen LogP contribution in [0.3, 0.4) is 0 Å². The Kier molecular flexibility index (Phi) is 8.45. The largest absolute Gasteiger partial charge is 0.497 e. The zero-order valence-electron chi connectivity index (χ0n) is 17.1. The molecular formula is C23H29BrN2O2S. The lowest BCUT2D eigenvalue weighted by Gasteiger charge is -2.32. The Morgan fingerprint density at radius 1 is 1.17 bits per heavy atom. The van der Waals surface area contributed by atoms with Crippen molar-refractivity contribution in [2.75, 3.05) is 26.7 Å². The normalized spacial score (nSPS) is 16.4. The Morgan fingerprint density at radius 2 is 1.83 bits per heavy atom. The van der Waals surface area contributed by atoms with Gasteiger partial charge in [-0.1, -0.05) is 28.1 Å². The number of likely N-dealkylation sites (tertiary alicyclic amines) is 1. The fourth-order valence-electron chi connectivity index (χ4n) is 3.50. The number of rotatable bonds is 8. The maximum Gasteiger partial charge on any atom is 0.233 e. The van der Waals surface area contributed by atoms with Crippen LogP contribution in [0.4, 0.5) is 0 Å². The highest BCUT2D eigenvalue weighted by atomic mass is 79.9. The molecule has 1 amide bonds. The first-order valence-corrected chi connectivity index (χ1v) is 11.8. The first-order chi connectivity index (χ1) is 14.0. The fourth-order valence-corrected chi connectivity index (χ4v) is 4.65. The van der Waals surface area contributed by atoms with Crippen LogP contribution in [0.2, 0.25) is 0 Å². The van der Waals surface area contributed by atoms with Gasteiger partial charge in [0.15, 0.2) is 0 Å². The summed E-state index contributed by atoms with van der Waals surface area (Å²) in [5.41, 5.74) is 1.32. The van der Waals surface area contributed by atoms with Gasteiger partial charge in [-0.05, 0) is 80.7 Å². The molecule has 1 atom stereocenters. The molecule has 0 spiro atoms. The van der Waals surface area contributed by atoms with E-state index in [1.807, 2.05) is 43.3 Å². The monoisotopic (exact) mass is 476 g/mol. The summed E-state index contributed by atoms with van der Waals surface area (Å²) in [7, 11) is 1.69. The van der Waals surface area contributed by atoms with Crippen molar-refractivity contribution in [3.05, 3.63) is 58.6 Å². The van der Waals surface area contributed by atoms with Crippen LogP contribution >= 0.6 is 27.7 Å². The number of piperidine rings is 1. The van der Waals surface area contributed by atoms with E-state index in [1.54, 1.807) is 18.9 Å². The predicted molar refractivity (Wildman–Crippen MR) is 123 cm³/mol. The van der Waals surface area contributed by atoms with Crippen LogP contribution in [0.5, 0.6) is 5.75 Å². The van der Waals surface area contributed by atoms with Gasteiger partial charge in [0.2, 0.25) is 5.91 Å². The molecule has 0 radical (unpaired) electrons. The Morgan fingerprint density at radius 3 is 2.45 bits per heavy atom. The standard InChI is InChI=1S/C23H29BrN2O2S/c1-17(29-22-9-5-20(24)6-10-22)23(27)25-15-18-11-13-26(14-12-18)16-19-3-7-21(28-2)8-4-19/h3-10,17-18H,11-16H2,1-2H3,(H,25,27). The maximum atomic E-state index is 12.5. The molecule has 1 aliphatic rings. The zero-order valence-corrected chi connectivity index (χ0v) is 19.5. The highest BCUT2D eigenvalue weighted by Crippen LogP contribution is 2.25. The summed E-state index contributed by atoms with van der Waals surface area (Å²) in [5, 5.41) is 3.07. The molecule has 2 aromatic carbocycles. The lowest BCUT2D eigenvalue weighted by atomic mass is 9.96. The lowest BCUT2D eigenvalue weighted by Crippen LogP contribution is -2.40. The second-order valence-electron chi connectivity index (χ2n) is 7.53. The van der Waals surface area contributed by atoms with Crippen molar-refractivity contribution in [1.29, 1.82) is 0 Å². The number of nitrogens with zero attached hydrogens (tertiary/aromatic N) is 1. The Balaban J connectivity index is 1.36. The van der Waals surface area contributed by atoms with Gasteiger partial charge in [-0.25, -0.2) is 0 Å². The van der Waals surface area contributed by atoms with Gasteiger partial charge in [-0.2, -0.15) is 0 Å². The number of ether oxygens (including phenoxy) is 1. The van der Waals surface area contributed by atoms with Crippen molar-refractivity contribution in [3.63, 3.8) is 0 Å². The smallest absolute Gasteiger partial charge is 0.233 e. The summed E-state index contributed by atoms with van der Waals surface area (Å²) >= 11 is 5.04. The SMILES string of the molecule is COc1ccc(CN2CCC(CNC(=O)C(C)Sc3ccc(Br)cc3)CC2)cc1. The van der Waals surface area contributed by atoms with E-state index in [0.29, 0.717) is 5.92 Å². The average Bonchev–Trinajstić information content (AvgIpc) is 2.75. The number of methoxy groups -OCH3 is 1. The van der Waals surface area contributed by atoms with E-state index >= 15 is 0 Å². The number of benzene rings is 2. The second-order valence-corrected chi connectivity index (χ2v) is 9.86. The number of amides is 1. The third-order valence-electron chi connectivity index (χ3n) is 5.33. The van der Waals surface area contributed by atoms with E-state index in [1.165, 1.54) is 5.56 Å². The summed E-state index contributed by atoms with van der Waals surface area (Å²) in [5.74, 6) is 1.59. The molecule has 156 valence electrons. The van der Waals surface area contributed by atoms with Crippen LogP contribution in [-0.2, 0) is 11.3 Å². The molecule has 4 nitrogen and oxygen atoms in total. The molecule has 3 rings (SSSR count). The molecular weight excluding hydrogens is 448 g/mol. The molecule has 1 saturated heterocycles. The van der Waals surface area contributed by atoms with E-state index in [4.69, 9.17) is 4.74 Å². The van der Waals surface area contributed by atoms with Crippen molar-refractivity contribution in [2.24, 2.45) is 5.92 Å². The van der Waals surface area contributed by atoms with Gasteiger partial charge in [-0.15, -0.1) is 11.8 Å². The predicted octanol–water partition coefficient (Wildman–Crippen LogP) is 4.97. The van der Waals surface area contributed by atoms with E-state index < -0.39 is 0 Å². The average molecular weight is 477 g/mol. The number of halogens is 1. The van der Waals surface area contributed by atoms with Gasteiger partial charge in [0.1, 0.15) is 5.75 Å². The zero-order chi connectivity index (χ0) is 20.6. The first kappa shape index (κ1) is 22.2. The van der Waals surface area contributed by atoms with Crippen LogP contribution in [0.15, 0.2) is 57.9 Å². The Hall–Kier alpha value is -1.50. The van der Waals surface area contributed by atoms with E-state index in [2.05, 4.69) is 38.3 Å². The molecule has 29 heavy (non-hydrogen) atoms. The first-order valence-electron chi connectivity index (χ1n) is 10.1. The minimum Gasteiger partial charge on any atom is -0.497 e. The van der Waals surface area contributed by atoms with Gasteiger partial charge in [0.05, 0.1) is 12.4 Å². The third kappa shape index (κ3) is 7.05. The van der Waals surface area contributed by atoms with Crippen LogP contribution < -0.4 is 10.1 Å². The third-order valence-corrected chi connectivity index (χ3v) is 6.97. The number of nitrogens with one attached hydrogen (secondary N) is 1. The minimum absolute atomic E-state index is 0.0914.